The molecule has 0 aromatic rings. The second-order valence-electron chi connectivity index (χ2n) is 2.61. The van der Waals surface area contributed by atoms with Gasteiger partial charge in [0.25, 0.3) is 0 Å². The average Bonchev–Trinajstić information content (AvgIpc) is 2.15. The van der Waals surface area contributed by atoms with E-state index in [4.69, 9.17) is 5.11 Å². The fourth-order valence-corrected chi connectivity index (χ4v) is 0.532. The highest BCUT2D eigenvalue weighted by Crippen LogP contribution is 2.47. The van der Waals surface area contributed by atoms with Crippen LogP contribution < -0.4 is 0 Å². The van der Waals surface area contributed by atoms with E-state index in [1.807, 2.05) is 4.74 Å². The Balaban J connectivity index is 0. The molecular weight excluding hydrogens is 326 g/mol. The molecule has 0 atom stereocenters. The van der Waals surface area contributed by atoms with Crippen LogP contribution in [-0.2, 0) is 9.53 Å². The van der Waals surface area contributed by atoms with E-state index in [2.05, 4.69) is 0 Å². The number of hydrogen-bond acceptors (Lipinski definition) is 2. The van der Waals surface area contributed by atoms with Crippen LogP contribution >= 0.6 is 12.4 Å². The second-order valence-corrected chi connectivity index (χ2v) is 2.61. The number of hydrogen-bond donors (Lipinski definition) is 1. The minimum atomic E-state index is -6.77. The number of halogens is 10. The maximum atomic E-state index is 12.4. The highest BCUT2D eigenvalue weighted by molar-refractivity contribution is 5.85. The molecule has 114 valence electrons. The van der Waals surface area contributed by atoms with Gasteiger partial charge in [0.05, 0.1) is 0 Å². The lowest BCUT2D eigenvalue weighted by molar-refractivity contribution is -0.386. The summed E-state index contributed by atoms with van der Waals surface area (Å²) in [7, 11) is 0. The molecule has 0 fully saturated rings. The van der Waals surface area contributed by atoms with Gasteiger partial charge in [-0.15, -0.1) is 12.4 Å². The fraction of sp³-hybridized carbons (Fsp3) is 0.500. The lowest BCUT2D eigenvalue weighted by Gasteiger charge is -2.28. The van der Waals surface area contributed by atoms with Gasteiger partial charge in [0.1, 0.15) is 0 Å². The third-order valence-corrected chi connectivity index (χ3v) is 1.39. The molecule has 0 rings (SSSR count). The van der Waals surface area contributed by atoms with E-state index < -0.39 is 36.0 Å². The van der Waals surface area contributed by atoms with Crippen LogP contribution in [0, 0.1) is 0 Å². The van der Waals surface area contributed by atoms with Crippen molar-refractivity contribution >= 4 is 18.4 Å². The maximum absolute atomic E-state index is 12.4. The predicted octanol–water partition coefficient (Wildman–Crippen LogP) is 3.41. The number of carboxylic acid groups (broad SMARTS) is 1. The Morgan fingerprint density at radius 1 is 0.947 bits per heavy atom. The van der Waals surface area contributed by atoms with E-state index in [0.29, 0.717) is 0 Å². The molecular formula is C6H2ClF9O3. The van der Waals surface area contributed by atoms with Crippen LogP contribution in [0.3, 0.4) is 0 Å². The fourth-order valence-electron chi connectivity index (χ4n) is 0.532. The Morgan fingerprint density at radius 3 is 1.58 bits per heavy atom. The van der Waals surface area contributed by atoms with Gasteiger partial charge in [0.2, 0.25) is 0 Å². The van der Waals surface area contributed by atoms with Gasteiger partial charge in [-0.05, 0) is 0 Å². The smallest absolute Gasteiger partial charge is 0.473 e. The molecule has 0 spiro atoms. The van der Waals surface area contributed by atoms with Crippen molar-refractivity contribution in [1.29, 1.82) is 0 Å². The third-order valence-electron chi connectivity index (χ3n) is 1.39. The van der Waals surface area contributed by atoms with Crippen molar-refractivity contribution in [3.63, 3.8) is 0 Å². The Morgan fingerprint density at radius 2 is 1.32 bits per heavy atom. The molecule has 0 heterocycles. The van der Waals surface area contributed by atoms with Crippen molar-refractivity contribution in [3.05, 3.63) is 12.1 Å². The SMILES string of the molecule is Cl.O=C(O)C(F)(F)C(F)(F)C(F)(F)OC(F)=C(F)F. The quantitative estimate of drug-likeness (QED) is 0.621. The summed E-state index contributed by atoms with van der Waals surface area (Å²) < 4.78 is 110. The van der Waals surface area contributed by atoms with Gasteiger partial charge in [-0.3, -0.25) is 0 Å². The van der Waals surface area contributed by atoms with Crippen molar-refractivity contribution in [2.45, 2.75) is 18.0 Å². The van der Waals surface area contributed by atoms with E-state index in [0.717, 1.165) is 0 Å². The van der Waals surface area contributed by atoms with Crippen LogP contribution in [0.4, 0.5) is 39.5 Å². The molecule has 1 N–H and O–H groups in total. The van der Waals surface area contributed by atoms with Crippen LogP contribution in [0.5, 0.6) is 0 Å². The number of ether oxygens (including phenoxy) is 1. The Hall–Kier alpha value is -1.33. The highest BCUT2D eigenvalue weighted by atomic mass is 35.5. The van der Waals surface area contributed by atoms with Gasteiger partial charge in [0, 0.05) is 0 Å². The molecule has 0 aromatic heterocycles. The summed E-state index contributed by atoms with van der Waals surface area (Å²) in [5.41, 5.74) is 0. The lowest BCUT2D eigenvalue weighted by atomic mass is 10.1. The number of carbonyl (C=O) groups is 1. The number of carboxylic acids is 1. The van der Waals surface area contributed by atoms with Gasteiger partial charge in [-0.1, -0.05) is 0 Å². The monoisotopic (exact) mass is 328 g/mol. The predicted molar refractivity (Wildman–Crippen MR) is 41.2 cm³/mol. The normalized spacial score (nSPS) is 12.5. The minimum Gasteiger partial charge on any atom is -0.477 e. The van der Waals surface area contributed by atoms with E-state index >= 15 is 0 Å². The largest absolute Gasteiger partial charge is 0.477 e. The number of aliphatic carboxylic acids is 1. The van der Waals surface area contributed by atoms with Crippen molar-refractivity contribution < 1.29 is 54.2 Å². The Kier molecular flexibility index (Phi) is 6.06. The molecule has 0 unspecified atom stereocenters. The van der Waals surface area contributed by atoms with E-state index in [-0.39, 0.29) is 12.4 Å². The van der Waals surface area contributed by atoms with Gasteiger partial charge < -0.3 is 9.84 Å². The zero-order chi connectivity index (χ0) is 14.9. The molecule has 0 aliphatic carbocycles. The number of alkyl halides is 6. The summed E-state index contributed by atoms with van der Waals surface area (Å²) >= 11 is 0. The molecule has 0 aliphatic heterocycles. The van der Waals surface area contributed by atoms with E-state index in [1.54, 1.807) is 0 Å². The molecule has 19 heavy (non-hydrogen) atoms. The van der Waals surface area contributed by atoms with Gasteiger partial charge in [-0.2, -0.15) is 39.5 Å². The second kappa shape index (κ2) is 5.75. The summed E-state index contributed by atoms with van der Waals surface area (Å²) in [6.07, 6.45) is -10.1. The molecule has 13 heteroatoms. The molecule has 3 nitrogen and oxygen atoms in total. The summed E-state index contributed by atoms with van der Waals surface area (Å²) in [5, 5.41) is 7.61. The highest BCUT2D eigenvalue weighted by Gasteiger charge is 2.78. The number of rotatable bonds is 5. The first-order chi connectivity index (χ1) is 7.77. The van der Waals surface area contributed by atoms with Crippen LogP contribution in [0.25, 0.3) is 0 Å². The summed E-state index contributed by atoms with van der Waals surface area (Å²) in [5.74, 6) is -16.8. The van der Waals surface area contributed by atoms with E-state index in [1.165, 1.54) is 0 Å². The lowest BCUT2D eigenvalue weighted by Crippen LogP contribution is -2.58. The van der Waals surface area contributed by atoms with Crippen LogP contribution in [0.1, 0.15) is 0 Å². The molecule has 0 saturated heterocycles. The summed E-state index contributed by atoms with van der Waals surface area (Å²) in [4.78, 5) is 9.66. The van der Waals surface area contributed by atoms with E-state index in [9.17, 15) is 44.3 Å². The standard InChI is InChI=1S/C6HF9O3.ClH/c7-1(8)2(9)18-6(14,15)5(12,13)4(10,11)3(16)17;/h(H,16,17);1H. The maximum Gasteiger partial charge on any atom is 0.473 e. The van der Waals surface area contributed by atoms with Crippen molar-refractivity contribution in [3.8, 4) is 0 Å². The summed E-state index contributed by atoms with van der Waals surface area (Å²) in [6.45, 7) is 0. The average molecular weight is 329 g/mol. The van der Waals surface area contributed by atoms with Crippen LogP contribution in [0.2, 0.25) is 0 Å². The Bertz CT molecular complexity index is 376. The van der Waals surface area contributed by atoms with Crippen LogP contribution in [0.15, 0.2) is 12.1 Å². The zero-order valence-corrected chi connectivity index (χ0v) is 8.89. The first-order valence-corrected chi connectivity index (χ1v) is 3.54. The molecule has 0 amide bonds. The topological polar surface area (TPSA) is 46.5 Å². The van der Waals surface area contributed by atoms with Crippen molar-refractivity contribution in [2.75, 3.05) is 0 Å². The first kappa shape index (κ1) is 20.0. The first-order valence-electron chi connectivity index (χ1n) is 3.54. The van der Waals surface area contributed by atoms with Crippen molar-refractivity contribution in [2.24, 2.45) is 0 Å². The zero-order valence-electron chi connectivity index (χ0n) is 8.07. The minimum absolute atomic E-state index is 0. The Labute approximate surface area is 104 Å². The molecule has 0 saturated carbocycles. The van der Waals surface area contributed by atoms with Gasteiger partial charge >= 0.3 is 36.0 Å². The van der Waals surface area contributed by atoms with Crippen LogP contribution in [-0.4, -0.2) is 29.0 Å². The summed E-state index contributed by atoms with van der Waals surface area (Å²) in [6, 6.07) is -3.54. The third kappa shape index (κ3) is 3.58. The molecule has 0 bridgehead atoms. The molecule has 0 aromatic carbocycles. The van der Waals surface area contributed by atoms with Gasteiger partial charge in [0.15, 0.2) is 0 Å². The van der Waals surface area contributed by atoms with Gasteiger partial charge in [-0.25, -0.2) is 4.79 Å². The molecule has 0 radical (unpaired) electrons. The molecule has 0 aliphatic rings. The van der Waals surface area contributed by atoms with Crippen molar-refractivity contribution in [1.82, 2.24) is 0 Å².